The van der Waals surface area contributed by atoms with Gasteiger partial charge in [0.1, 0.15) is 0 Å². The van der Waals surface area contributed by atoms with Crippen molar-refractivity contribution in [2.75, 3.05) is 26.7 Å². The Kier molecular flexibility index (Phi) is 9.09. The Hall–Kier alpha value is -0.610. The van der Waals surface area contributed by atoms with Gasteiger partial charge in [0.05, 0.1) is 0 Å². The second-order valence-corrected chi connectivity index (χ2v) is 4.99. The lowest BCUT2D eigenvalue weighted by molar-refractivity contribution is -0.122. The third-order valence-corrected chi connectivity index (χ3v) is 3.28. The smallest absolute Gasteiger partial charge is 0.220 e. The first-order valence-corrected chi connectivity index (χ1v) is 6.68. The van der Waals surface area contributed by atoms with E-state index in [1.54, 1.807) is 0 Å². The molecule has 0 radical (unpaired) electrons. The molecule has 0 fully saturated rings. The number of hydrogen-bond acceptors (Lipinski definition) is 3. The van der Waals surface area contributed by atoms with Crippen LogP contribution in [0.3, 0.4) is 0 Å². The molecular formula is C13H29N3O. The highest BCUT2D eigenvalue weighted by molar-refractivity contribution is 5.76. The molecule has 0 aliphatic heterocycles. The van der Waals surface area contributed by atoms with E-state index < -0.39 is 0 Å². The lowest BCUT2D eigenvalue weighted by Crippen LogP contribution is -2.32. The van der Waals surface area contributed by atoms with E-state index in [0.717, 1.165) is 25.9 Å². The highest BCUT2D eigenvalue weighted by Crippen LogP contribution is 2.05. The average molecular weight is 243 g/mol. The van der Waals surface area contributed by atoms with E-state index in [4.69, 9.17) is 5.73 Å². The van der Waals surface area contributed by atoms with Crippen molar-refractivity contribution in [1.82, 2.24) is 10.2 Å². The number of carbonyl (C=O) groups excluding carboxylic acids is 1. The van der Waals surface area contributed by atoms with Crippen molar-refractivity contribution >= 4 is 5.91 Å². The Morgan fingerprint density at radius 3 is 2.53 bits per heavy atom. The molecule has 3 N–H and O–H groups in total. The summed E-state index contributed by atoms with van der Waals surface area (Å²) in [6, 6.07) is 0.562. The van der Waals surface area contributed by atoms with E-state index in [1.807, 2.05) is 0 Å². The Labute approximate surface area is 106 Å². The van der Waals surface area contributed by atoms with Crippen LogP contribution in [0.25, 0.3) is 0 Å². The summed E-state index contributed by atoms with van der Waals surface area (Å²) in [6.45, 7) is 8.79. The monoisotopic (exact) mass is 243 g/mol. The van der Waals surface area contributed by atoms with Crippen LogP contribution in [0, 0.1) is 5.92 Å². The van der Waals surface area contributed by atoms with Crippen molar-refractivity contribution in [1.29, 1.82) is 0 Å². The van der Waals surface area contributed by atoms with E-state index in [9.17, 15) is 4.79 Å². The highest BCUT2D eigenvalue weighted by Gasteiger charge is 2.09. The van der Waals surface area contributed by atoms with Gasteiger partial charge in [0, 0.05) is 19.0 Å². The van der Waals surface area contributed by atoms with Gasteiger partial charge in [-0.1, -0.05) is 13.3 Å². The summed E-state index contributed by atoms with van der Waals surface area (Å²) in [4.78, 5) is 13.8. The maximum atomic E-state index is 11.6. The number of nitrogens with two attached hydrogens (primary N) is 1. The molecular weight excluding hydrogens is 214 g/mol. The zero-order chi connectivity index (χ0) is 13.3. The topological polar surface area (TPSA) is 58.4 Å². The Morgan fingerprint density at radius 2 is 2.06 bits per heavy atom. The van der Waals surface area contributed by atoms with Gasteiger partial charge in [-0.25, -0.2) is 0 Å². The number of hydrogen-bond donors (Lipinski definition) is 2. The van der Waals surface area contributed by atoms with Crippen LogP contribution >= 0.6 is 0 Å². The minimum atomic E-state index is 0.134. The van der Waals surface area contributed by atoms with Gasteiger partial charge in [0.15, 0.2) is 0 Å². The molecule has 102 valence electrons. The fourth-order valence-corrected chi connectivity index (χ4v) is 1.54. The third-order valence-electron chi connectivity index (χ3n) is 3.28. The maximum absolute atomic E-state index is 11.6. The minimum Gasteiger partial charge on any atom is -0.356 e. The number of nitrogens with one attached hydrogen (secondary N) is 1. The molecule has 0 aromatic carbocycles. The molecule has 0 rings (SSSR count). The van der Waals surface area contributed by atoms with Crippen molar-refractivity contribution in [3.8, 4) is 0 Å². The highest BCUT2D eigenvalue weighted by atomic mass is 16.1. The van der Waals surface area contributed by atoms with Crippen LogP contribution in [-0.4, -0.2) is 43.5 Å². The fourth-order valence-electron chi connectivity index (χ4n) is 1.54. The normalized spacial score (nSPS) is 13.1. The van der Waals surface area contributed by atoms with Crippen molar-refractivity contribution in [2.24, 2.45) is 11.7 Å². The predicted octanol–water partition coefficient (Wildman–Crippen LogP) is 1.21. The second kappa shape index (κ2) is 9.42. The van der Waals surface area contributed by atoms with Crippen LogP contribution in [0.15, 0.2) is 0 Å². The first-order chi connectivity index (χ1) is 8.01. The van der Waals surface area contributed by atoms with Crippen molar-refractivity contribution in [3.05, 3.63) is 0 Å². The van der Waals surface area contributed by atoms with Gasteiger partial charge >= 0.3 is 0 Å². The zero-order valence-corrected chi connectivity index (χ0v) is 11.8. The number of nitrogens with zero attached hydrogens (tertiary/aromatic N) is 1. The Balaban J connectivity index is 3.58. The van der Waals surface area contributed by atoms with E-state index in [2.05, 4.69) is 38.0 Å². The van der Waals surface area contributed by atoms with Crippen LogP contribution in [0.4, 0.5) is 0 Å². The Morgan fingerprint density at radius 1 is 1.41 bits per heavy atom. The molecule has 0 aliphatic carbocycles. The van der Waals surface area contributed by atoms with Crippen LogP contribution in [0.1, 0.15) is 40.0 Å². The molecule has 0 saturated carbocycles. The zero-order valence-electron chi connectivity index (χ0n) is 11.8. The maximum Gasteiger partial charge on any atom is 0.220 e. The minimum absolute atomic E-state index is 0.134. The third kappa shape index (κ3) is 8.16. The predicted molar refractivity (Wildman–Crippen MR) is 72.8 cm³/mol. The summed E-state index contributed by atoms with van der Waals surface area (Å²) in [7, 11) is 2.11. The lowest BCUT2D eigenvalue weighted by atomic mass is 10.0. The van der Waals surface area contributed by atoms with Crippen molar-refractivity contribution < 1.29 is 4.79 Å². The van der Waals surface area contributed by atoms with Crippen LogP contribution in [-0.2, 0) is 4.79 Å². The number of rotatable bonds is 9. The van der Waals surface area contributed by atoms with Gasteiger partial charge in [-0.05, 0) is 46.3 Å². The van der Waals surface area contributed by atoms with Gasteiger partial charge in [-0.15, -0.1) is 0 Å². The van der Waals surface area contributed by atoms with Gasteiger partial charge in [0.2, 0.25) is 5.91 Å². The molecule has 1 unspecified atom stereocenters. The molecule has 4 heteroatoms. The van der Waals surface area contributed by atoms with Gasteiger partial charge in [0.25, 0.3) is 0 Å². The van der Waals surface area contributed by atoms with E-state index in [1.165, 1.54) is 0 Å². The van der Waals surface area contributed by atoms with Crippen LogP contribution < -0.4 is 11.1 Å². The van der Waals surface area contributed by atoms with Gasteiger partial charge in [-0.2, -0.15) is 0 Å². The average Bonchev–Trinajstić information content (AvgIpc) is 2.31. The molecule has 0 aromatic heterocycles. The van der Waals surface area contributed by atoms with E-state index >= 15 is 0 Å². The summed E-state index contributed by atoms with van der Waals surface area (Å²) in [5, 5.41) is 2.95. The van der Waals surface area contributed by atoms with Crippen LogP contribution in [0.5, 0.6) is 0 Å². The largest absolute Gasteiger partial charge is 0.356 e. The van der Waals surface area contributed by atoms with Gasteiger partial charge in [-0.3, -0.25) is 4.79 Å². The van der Waals surface area contributed by atoms with Gasteiger partial charge < -0.3 is 16.0 Å². The molecule has 4 nitrogen and oxygen atoms in total. The van der Waals surface area contributed by atoms with E-state index in [0.29, 0.717) is 24.9 Å². The molecule has 1 atom stereocenters. The summed E-state index contributed by atoms with van der Waals surface area (Å²) in [5.74, 6) is 0.461. The molecule has 0 aromatic rings. The molecule has 0 heterocycles. The standard InChI is InChI=1S/C13H29N3O/c1-5-12(10-14)9-13(17)15-7-6-8-16(4)11(2)3/h11-12H,5-10,14H2,1-4H3,(H,15,17). The van der Waals surface area contributed by atoms with Crippen LogP contribution in [0.2, 0.25) is 0 Å². The Bertz CT molecular complexity index is 203. The quantitative estimate of drug-likeness (QED) is 0.598. The molecule has 0 bridgehead atoms. The molecule has 0 saturated heterocycles. The summed E-state index contributed by atoms with van der Waals surface area (Å²) in [6.07, 6.45) is 2.53. The summed E-state index contributed by atoms with van der Waals surface area (Å²) < 4.78 is 0. The lowest BCUT2D eigenvalue weighted by Gasteiger charge is -2.20. The summed E-state index contributed by atoms with van der Waals surface area (Å²) in [5.41, 5.74) is 5.57. The molecule has 1 amide bonds. The molecule has 0 spiro atoms. The second-order valence-electron chi connectivity index (χ2n) is 4.99. The summed E-state index contributed by atoms with van der Waals surface area (Å²) >= 11 is 0. The fraction of sp³-hybridized carbons (Fsp3) is 0.923. The van der Waals surface area contributed by atoms with E-state index in [-0.39, 0.29) is 5.91 Å². The van der Waals surface area contributed by atoms with Crippen molar-refractivity contribution in [2.45, 2.75) is 46.1 Å². The number of amides is 1. The first kappa shape index (κ1) is 16.4. The molecule has 0 aliphatic rings. The SMILES string of the molecule is CCC(CN)CC(=O)NCCCN(C)C(C)C. The first-order valence-electron chi connectivity index (χ1n) is 6.68. The number of carbonyl (C=O) groups is 1. The van der Waals surface area contributed by atoms with Crippen molar-refractivity contribution in [3.63, 3.8) is 0 Å². The molecule has 17 heavy (non-hydrogen) atoms.